The van der Waals surface area contributed by atoms with E-state index in [-0.39, 0.29) is 11.9 Å². The summed E-state index contributed by atoms with van der Waals surface area (Å²) >= 11 is 1.78. The lowest BCUT2D eigenvalue weighted by Gasteiger charge is -2.40. The summed E-state index contributed by atoms with van der Waals surface area (Å²) in [6.07, 6.45) is 6.19. The van der Waals surface area contributed by atoms with Crippen LogP contribution in [0.25, 0.3) is 0 Å². The molecule has 1 aromatic carbocycles. The molecule has 1 aliphatic heterocycles. The number of nitrogens with zero attached hydrogens (tertiary/aromatic N) is 2. The summed E-state index contributed by atoms with van der Waals surface area (Å²) in [7, 11) is 0. The first-order valence-corrected chi connectivity index (χ1v) is 13.9. The van der Waals surface area contributed by atoms with E-state index in [0.717, 1.165) is 50.6 Å². The van der Waals surface area contributed by atoms with Gasteiger partial charge in [0.25, 0.3) is 5.91 Å². The number of benzene rings is 1. The van der Waals surface area contributed by atoms with Gasteiger partial charge < -0.3 is 14.6 Å². The first-order valence-electron chi connectivity index (χ1n) is 13.1. The third-order valence-electron chi connectivity index (χ3n) is 7.60. The van der Waals surface area contributed by atoms with Crippen LogP contribution in [0.15, 0.2) is 47.1 Å². The Hall–Kier alpha value is -2.41. The van der Waals surface area contributed by atoms with Gasteiger partial charge in [-0.05, 0) is 67.0 Å². The van der Waals surface area contributed by atoms with Crippen LogP contribution < -0.4 is 5.32 Å². The molecule has 1 saturated heterocycles. The van der Waals surface area contributed by atoms with Crippen LogP contribution in [0.2, 0.25) is 0 Å². The molecule has 3 heterocycles. The van der Waals surface area contributed by atoms with Crippen molar-refractivity contribution in [3.63, 3.8) is 0 Å². The number of thiophene rings is 1. The fourth-order valence-electron chi connectivity index (χ4n) is 5.51. The maximum absolute atomic E-state index is 13.1. The highest BCUT2D eigenvalue weighted by atomic mass is 32.1. The smallest absolute Gasteiger partial charge is 0.291 e. The highest BCUT2D eigenvalue weighted by molar-refractivity contribution is 7.16. The van der Waals surface area contributed by atoms with Crippen LogP contribution in [0.1, 0.15) is 83.3 Å². The number of likely N-dealkylation sites (N-methyl/N-ethyl adjacent to an activating group) is 1. The summed E-state index contributed by atoms with van der Waals surface area (Å²) in [5.74, 6) is 0.698. The highest BCUT2D eigenvalue weighted by Crippen LogP contribution is 2.46. The third kappa shape index (κ3) is 5.11. The number of fused-ring (bicyclic) bond motifs is 1. The van der Waals surface area contributed by atoms with Gasteiger partial charge in [-0.2, -0.15) is 0 Å². The summed E-state index contributed by atoms with van der Waals surface area (Å²) in [5.41, 5.74) is 5.46. The molecular weight excluding hydrogens is 454 g/mol. The summed E-state index contributed by atoms with van der Waals surface area (Å²) in [4.78, 5) is 19.7. The molecule has 186 valence electrons. The minimum absolute atomic E-state index is 0.139. The van der Waals surface area contributed by atoms with E-state index in [1.807, 2.05) is 0 Å². The fraction of sp³-hybridized carbons (Fsp3) is 0.483. The van der Waals surface area contributed by atoms with Crippen molar-refractivity contribution in [2.45, 2.75) is 58.4 Å². The number of aryl methyl sites for hydroxylation is 1. The Balaban J connectivity index is 1.58. The van der Waals surface area contributed by atoms with Crippen molar-refractivity contribution in [3.05, 3.63) is 75.6 Å². The normalized spacial score (nSPS) is 17.9. The molecule has 3 aromatic rings. The molecule has 5 nitrogen and oxygen atoms in total. The van der Waals surface area contributed by atoms with Gasteiger partial charge in [0.2, 0.25) is 0 Å². The standard InChI is InChI=1S/C29H37N3O2S/c1-4-31-15-17-32(18-16-31)27(22-13-11-21(12-14-22)20(2)3)26-23-8-5-6-10-25(23)35-29(26)30-28(33)24-9-7-19-34-24/h7,9,11-14,19-20,27H,4-6,8,10,15-18H2,1-3H3,(H,30,33). The van der Waals surface area contributed by atoms with Gasteiger partial charge in [0.1, 0.15) is 5.00 Å². The van der Waals surface area contributed by atoms with Crippen molar-refractivity contribution >= 4 is 22.2 Å². The predicted octanol–water partition coefficient (Wildman–Crippen LogP) is 6.32. The molecule has 1 unspecified atom stereocenters. The Morgan fingerprint density at radius 2 is 1.74 bits per heavy atom. The Bertz CT molecular complexity index is 1130. The average Bonchev–Trinajstić information content (AvgIpc) is 3.54. The second-order valence-electron chi connectivity index (χ2n) is 10.1. The average molecular weight is 492 g/mol. The number of amides is 1. The van der Waals surface area contributed by atoms with E-state index in [4.69, 9.17) is 4.42 Å². The second-order valence-corrected chi connectivity index (χ2v) is 11.2. The van der Waals surface area contributed by atoms with Gasteiger partial charge in [-0.25, -0.2) is 0 Å². The first-order chi connectivity index (χ1) is 17.0. The maximum Gasteiger partial charge on any atom is 0.291 e. The molecule has 5 rings (SSSR count). The molecule has 1 amide bonds. The quantitative estimate of drug-likeness (QED) is 0.420. The van der Waals surface area contributed by atoms with E-state index in [0.29, 0.717) is 11.7 Å². The van der Waals surface area contributed by atoms with Gasteiger partial charge in [-0.15, -0.1) is 11.3 Å². The summed E-state index contributed by atoms with van der Waals surface area (Å²) in [6, 6.07) is 12.8. The van der Waals surface area contributed by atoms with Gasteiger partial charge in [0.15, 0.2) is 5.76 Å². The molecule has 0 radical (unpaired) electrons. The van der Waals surface area contributed by atoms with Crippen LogP contribution in [-0.2, 0) is 12.8 Å². The lowest BCUT2D eigenvalue weighted by molar-refractivity contribution is 0.0995. The fourth-order valence-corrected chi connectivity index (χ4v) is 6.82. The monoisotopic (exact) mass is 491 g/mol. The zero-order valence-corrected chi connectivity index (χ0v) is 22.0. The van der Waals surface area contributed by atoms with Crippen LogP contribution >= 0.6 is 11.3 Å². The van der Waals surface area contributed by atoms with E-state index < -0.39 is 0 Å². The van der Waals surface area contributed by atoms with E-state index >= 15 is 0 Å². The minimum Gasteiger partial charge on any atom is -0.459 e. The van der Waals surface area contributed by atoms with Crippen molar-refractivity contribution in [2.24, 2.45) is 0 Å². The third-order valence-corrected chi connectivity index (χ3v) is 8.82. The summed E-state index contributed by atoms with van der Waals surface area (Å²) < 4.78 is 5.41. The number of hydrogen-bond donors (Lipinski definition) is 1. The molecule has 2 aromatic heterocycles. The molecule has 2 aliphatic rings. The number of carbonyl (C=O) groups is 1. The van der Waals surface area contributed by atoms with Gasteiger partial charge >= 0.3 is 0 Å². The van der Waals surface area contributed by atoms with Crippen LogP contribution in [0.5, 0.6) is 0 Å². The number of hydrogen-bond acceptors (Lipinski definition) is 5. The largest absolute Gasteiger partial charge is 0.459 e. The summed E-state index contributed by atoms with van der Waals surface area (Å²) in [5, 5.41) is 4.25. The van der Waals surface area contributed by atoms with Gasteiger partial charge in [-0.1, -0.05) is 45.0 Å². The molecule has 0 saturated carbocycles. The first kappa shape index (κ1) is 24.3. The number of piperazine rings is 1. The van der Waals surface area contributed by atoms with Crippen molar-refractivity contribution in [3.8, 4) is 0 Å². The molecule has 1 atom stereocenters. The van der Waals surface area contributed by atoms with Gasteiger partial charge in [0.05, 0.1) is 12.3 Å². The summed E-state index contributed by atoms with van der Waals surface area (Å²) in [6.45, 7) is 12.0. The van der Waals surface area contributed by atoms with Crippen LogP contribution in [0.4, 0.5) is 5.00 Å². The highest BCUT2D eigenvalue weighted by Gasteiger charge is 2.33. The van der Waals surface area contributed by atoms with E-state index in [2.05, 4.69) is 60.2 Å². The van der Waals surface area contributed by atoms with Crippen molar-refractivity contribution in [2.75, 3.05) is 38.0 Å². The number of furan rings is 1. The van der Waals surface area contributed by atoms with E-state index in [1.54, 1.807) is 29.7 Å². The van der Waals surface area contributed by atoms with E-state index in [1.165, 1.54) is 40.0 Å². The van der Waals surface area contributed by atoms with Gasteiger partial charge in [-0.3, -0.25) is 9.69 Å². The van der Waals surface area contributed by atoms with E-state index in [9.17, 15) is 4.79 Å². The molecule has 1 N–H and O–H groups in total. The number of carbonyl (C=O) groups excluding carboxylic acids is 1. The van der Waals surface area contributed by atoms with Crippen LogP contribution in [0.3, 0.4) is 0 Å². The Morgan fingerprint density at radius 3 is 2.40 bits per heavy atom. The number of rotatable bonds is 7. The number of anilines is 1. The minimum atomic E-state index is -0.167. The number of nitrogens with one attached hydrogen (secondary N) is 1. The Kier molecular flexibility index (Phi) is 7.42. The molecule has 35 heavy (non-hydrogen) atoms. The van der Waals surface area contributed by atoms with Crippen molar-refractivity contribution < 1.29 is 9.21 Å². The topological polar surface area (TPSA) is 48.7 Å². The molecule has 1 aliphatic carbocycles. The molecule has 0 bridgehead atoms. The molecule has 0 spiro atoms. The Morgan fingerprint density at radius 1 is 1.03 bits per heavy atom. The lowest BCUT2D eigenvalue weighted by atomic mass is 9.87. The SMILES string of the molecule is CCN1CCN(C(c2ccc(C(C)C)cc2)c2c(NC(=O)c3ccco3)sc3c2CCCC3)CC1. The molecule has 1 fully saturated rings. The predicted molar refractivity (Wildman–Crippen MR) is 144 cm³/mol. The van der Waals surface area contributed by atoms with Gasteiger partial charge in [0, 0.05) is 36.6 Å². The zero-order chi connectivity index (χ0) is 24.4. The van der Waals surface area contributed by atoms with Crippen molar-refractivity contribution in [1.82, 2.24) is 9.80 Å². The van der Waals surface area contributed by atoms with Crippen LogP contribution in [-0.4, -0.2) is 48.4 Å². The Labute approximate surface area is 213 Å². The maximum atomic E-state index is 13.1. The molecular formula is C29H37N3O2S. The lowest BCUT2D eigenvalue weighted by Crippen LogP contribution is -2.47. The zero-order valence-electron chi connectivity index (χ0n) is 21.2. The van der Waals surface area contributed by atoms with Crippen LogP contribution in [0, 0.1) is 0 Å². The second kappa shape index (κ2) is 10.7. The van der Waals surface area contributed by atoms with Crippen molar-refractivity contribution in [1.29, 1.82) is 0 Å². The molecule has 6 heteroatoms.